The fourth-order valence-corrected chi connectivity index (χ4v) is 1.02. The van der Waals surface area contributed by atoms with Crippen LogP contribution >= 0.6 is 0 Å². The molecule has 0 bridgehead atoms. The van der Waals surface area contributed by atoms with Crippen molar-refractivity contribution in [2.75, 3.05) is 0 Å². The summed E-state index contributed by atoms with van der Waals surface area (Å²) >= 11 is 0. The average molecular weight is 524 g/mol. The van der Waals surface area contributed by atoms with Crippen molar-refractivity contribution in [1.29, 1.82) is 0 Å². The van der Waals surface area contributed by atoms with Crippen LogP contribution in [0.3, 0.4) is 0 Å². The van der Waals surface area contributed by atoms with Gasteiger partial charge in [-0.15, -0.1) is 0 Å². The maximum Gasteiger partial charge on any atom is 3.00 e. The number of aliphatic imine (C=N–C) groups is 3. The van der Waals surface area contributed by atoms with Gasteiger partial charge in [0, 0.05) is 36.3 Å². The molecule has 0 fully saturated rings. The van der Waals surface area contributed by atoms with Crippen LogP contribution in [0, 0.1) is 35.6 Å². The van der Waals surface area contributed by atoms with Crippen LogP contribution in [-0.2, 0) is 0 Å². The van der Waals surface area contributed by atoms with Crippen molar-refractivity contribution < 1.29 is 35.6 Å². The number of hydrogen-bond donors (Lipinski definition) is 3. The van der Waals surface area contributed by atoms with Crippen molar-refractivity contribution in [3.63, 3.8) is 0 Å². The molecule has 28 heavy (non-hydrogen) atoms. The Kier molecular flexibility index (Phi) is 30.9. The standard InChI is InChI=1S/3C7H16N2.La/c3*1-6(2)8-5-9-7(3)4;/h3*5-7H,1-4H3,(H,8,9);/q;;;+3. The molecule has 0 atom stereocenters. The molecule has 0 spiro atoms. The zero-order chi connectivity index (χ0) is 21.8. The molecule has 0 aromatic carbocycles. The van der Waals surface area contributed by atoms with Gasteiger partial charge in [0.1, 0.15) is 0 Å². The van der Waals surface area contributed by atoms with Gasteiger partial charge in [0.25, 0.3) is 0 Å². The minimum Gasteiger partial charge on any atom is -0.374 e. The fourth-order valence-electron chi connectivity index (χ4n) is 1.02. The summed E-state index contributed by atoms with van der Waals surface area (Å²) in [6, 6.07) is 2.68. The topological polar surface area (TPSA) is 73.2 Å². The molecule has 0 rings (SSSR count). The van der Waals surface area contributed by atoms with E-state index in [1.54, 1.807) is 19.0 Å². The second-order valence-corrected chi connectivity index (χ2v) is 8.08. The van der Waals surface area contributed by atoms with Gasteiger partial charge in [-0.3, -0.25) is 15.0 Å². The molecule has 0 saturated carbocycles. The third-order valence-corrected chi connectivity index (χ3v) is 2.34. The fraction of sp³-hybridized carbons (Fsp3) is 0.857. The van der Waals surface area contributed by atoms with Gasteiger partial charge in [-0.25, -0.2) is 0 Å². The van der Waals surface area contributed by atoms with Crippen LogP contribution in [0.25, 0.3) is 0 Å². The number of hydrogen-bond acceptors (Lipinski definition) is 3. The molecular weight excluding hydrogens is 475 g/mol. The van der Waals surface area contributed by atoms with Crippen molar-refractivity contribution in [3.05, 3.63) is 0 Å². The van der Waals surface area contributed by atoms with E-state index in [1.165, 1.54) is 0 Å². The van der Waals surface area contributed by atoms with E-state index in [-0.39, 0.29) is 35.6 Å². The molecule has 7 heteroatoms. The minimum atomic E-state index is 0. The summed E-state index contributed by atoms with van der Waals surface area (Å²) in [6.07, 6.45) is 5.32. The molecule has 0 amide bonds. The van der Waals surface area contributed by atoms with Gasteiger partial charge >= 0.3 is 35.6 Å². The van der Waals surface area contributed by atoms with E-state index in [2.05, 4.69) is 114 Å². The molecule has 0 saturated heterocycles. The molecule has 162 valence electrons. The molecule has 0 radical (unpaired) electrons. The van der Waals surface area contributed by atoms with E-state index in [0.717, 1.165) is 0 Å². The molecule has 3 N–H and O–H groups in total. The molecule has 0 aliphatic heterocycles. The molecule has 0 unspecified atom stereocenters. The zero-order valence-electron chi connectivity index (χ0n) is 20.6. The summed E-state index contributed by atoms with van der Waals surface area (Å²) in [5.41, 5.74) is 0. The number of nitrogens with zero attached hydrogens (tertiary/aromatic N) is 3. The maximum absolute atomic E-state index is 4.13. The molecule has 0 aliphatic rings. The summed E-state index contributed by atoms with van der Waals surface area (Å²) in [6.45, 7) is 24.9. The van der Waals surface area contributed by atoms with Crippen LogP contribution in [0.15, 0.2) is 15.0 Å². The third kappa shape index (κ3) is 50.0. The summed E-state index contributed by atoms with van der Waals surface area (Å²) in [5, 5.41) is 9.26. The molecule has 0 aromatic heterocycles. The number of nitrogens with one attached hydrogen (secondary N) is 3. The van der Waals surface area contributed by atoms with Crippen molar-refractivity contribution in [2.24, 2.45) is 15.0 Å². The van der Waals surface area contributed by atoms with E-state index >= 15 is 0 Å². The number of rotatable bonds is 9. The van der Waals surface area contributed by atoms with E-state index in [0.29, 0.717) is 36.3 Å². The first kappa shape index (κ1) is 35.1. The van der Waals surface area contributed by atoms with Crippen molar-refractivity contribution >= 4 is 19.0 Å². The predicted molar refractivity (Wildman–Crippen MR) is 126 cm³/mol. The monoisotopic (exact) mass is 523 g/mol. The van der Waals surface area contributed by atoms with Crippen molar-refractivity contribution in [2.45, 2.75) is 119 Å². The van der Waals surface area contributed by atoms with Crippen LogP contribution in [0.1, 0.15) is 83.1 Å². The van der Waals surface area contributed by atoms with E-state index in [4.69, 9.17) is 0 Å². The summed E-state index contributed by atoms with van der Waals surface area (Å²) < 4.78 is 0. The SMILES string of the molecule is CC(C)N=CNC(C)C.CC(C)N=CNC(C)C.CC(C)N=CNC(C)C.[La+3]. The first-order chi connectivity index (χ1) is 12.4. The van der Waals surface area contributed by atoms with Crippen LogP contribution in [0.4, 0.5) is 0 Å². The third-order valence-electron chi connectivity index (χ3n) is 2.34. The Morgan fingerprint density at radius 3 is 0.714 bits per heavy atom. The van der Waals surface area contributed by atoms with Gasteiger partial charge in [0.2, 0.25) is 0 Å². The van der Waals surface area contributed by atoms with Gasteiger partial charge in [0.15, 0.2) is 0 Å². The van der Waals surface area contributed by atoms with Crippen molar-refractivity contribution in [3.8, 4) is 0 Å². The van der Waals surface area contributed by atoms with Gasteiger partial charge in [-0.1, -0.05) is 0 Å². The largest absolute Gasteiger partial charge is 3.00 e. The Morgan fingerprint density at radius 1 is 0.429 bits per heavy atom. The van der Waals surface area contributed by atoms with Crippen molar-refractivity contribution in [1.82, 2.24) is 16.0 Å². The second kappa shape index (κ2) is 24.6. The van der Waals surface area contributed by atoms with Crippen LogP contribution < -0.4 is 16.0 Å². The average Bonchev–Trinajstić information content (AvgIpc) is 2.46. The first-order valence-electron chi connectivity index (χ1n) is 10.2. The Bertz CT molecular complexity index is 318. The van der Waals surface area contributed by atoms with Gasteiger partial charge < -0.3 is 16.0 Å². The van der Waals surface area contributed by atoms with Gasteiger partial charge in [-0.05, 0) is 83.1 Å². The second-order valence-electron chi connectivity index (χ2n) is 8.08. The smallest absolute Gasteiger partial charge is 0.374 e. The van der Waals surface area contributed by atoms with Crippen LogP contribution in [0.5, 0.6) is 0 Å². The summed E-state index contributed by atoms with van der Waals surface area (Å²) in [7, 11) is 0. The molecule has 0 heterocycles. The molecular formula is C21H48LaN6+3. The normalized spacial score (nSPS) is 11.4. The van der Waals surface area contributed by atoms with Gasteiger partial charge in [0.05, 0.1) is 19.0 Å². The summed E-state index contributed by atoms with van der Waals surface area (Å²) in [4.78, 5) is 12.4. The molecule has 0 aliphatic carbocycles. The predicted octanol–water partition coefficient (Wildman–Crippen LogP) is 4.26. The Balaban J connectivity index is -0.000000152. The zero-order valence-corrected chi connectivity index (χ0v) is 24.2. The minimum absolute atomic E-state index is 0. The Morgan fingerprint density at radius 2 is 0.607 bits per heavy atom. The van der Waals surface area contributed by atoms with Crippen LogP contribution in [-0.4, -0.2) is 55.3 Å². The molecule has 0 aromatic rings. The van der Waals surface area contributed by atoms with E-state index in [9.17, 15) is 0 Å². The quantitative estimate of drug-likeness (QED) is 0.312. The summed E-state index contributed by atoms with van der Waals surface area (Å²) in [5.74, 6) is 0. The Labute approximate surface area is 203 Å². The first-order valence-corrected chi connectivity index (χ1v) is 10.2. The van der Waals surface area contributed by atoms with Crippen LogP contribution in [0.2, 0.25) is 0 Å². The maximum atomic E-state index is 4.13. The van der Waals surface area contributed by atoms with Gasteiger partial charge in [-0.2, -0.15) is 0 Å². The molecule has 6 nitrogen and oxygen atoms in total. The van der Waals surface area contributed by atoms with E-state index in [1.807, 2.05) is 0 Å². The van der Waals surface area contributed by atoms with E-state index < -0.39 is 0 Å². The Hall–Kier alpha value is -0.395.